The molecular formula is C17H19ClN4O2S. The van der Waals surface area contributed by atoms with Crippen LogP contribution in [0.2, 0.25) is 0 Å². The molecule has 0 saturated carbocycles. The summed E-state index contributed by atoms with van der Waals surface area (Å²) in [5, 5.41) is 8.21. The van der Waals surface area contributed by atoms with Gasteiger partial charge in [-0.15, -0.1) is 17.5 Å². The lowest BCUT2D eigenvalue weighted by Gasteiger charge is -2.07. The molecule has 0 aliphatic rings. The van der Waals surface area contributed by atoms with E-state index in [0.717, 1.165) is 11.3 Å². The molecule has 1 unspecified atom stereocenters. The molecule has 25 heavy (non-hydrogen) atoms. The maximum Gasteiger partial charge on any atom is 0.175 e. The number of aromatic nitrogens is 3. The lowest BCUT2D eigenvalue weighted by molar-refractivity contribution is 0.602. The van der Waals surface area contributed by atoms with Gasteiger partial charge in [0.15, 0.2) is 9.84 Å². The van der Waals surface area contributed by atoms with Crippen LogP contribution in [0.5, 0.6) is 0 Å². The van der Waals surface area contributed by atoms with Crippen molar-refractivity contribution in [2.24, 2.45) is 5.73 Å². The highest BCUT2D eigenvalue weighted by Gasteiger charge is 2.13. The van der Waals surface area contributed by atoms with Gasteiger partial charge in [0.25, 0.3) is 0 Å². The summed E-state index contributed by atoms with van der Waals surface area (Å²) in [6.45, 7) is 0. The topological polar surface area (TPSA) is 90.9 Å². The van der Waals surface area contributed by atoms with E-state index in [1.807, 2.05) is 30.3 Å². The summed E-state index contributed by atoms with van der Waals surface area (Å²) < 4.78 is 24.6. The number of hydrogen-bond donors (Lipinski definition) is 1. The Balaban J connectivity index is 0.00000225. The molecule has 3 rings (SSSR count). The summed E-state index contributed by atoms with van der Waals surface area (Å²) in [4.78, 5) is 0.271. The summed E-state index contributed by atoms with van der Waals surface area (Å²) >= 11 is 0. The Morgan fingerprint density at radius 3 is 2.32 bits per heavy atom. The van der Waals surface area contributed by atoms with Gasteiger partial charge in [0.2, 0.25) is 0 Å². The third kappa shape index (κ3) is 4.66. The van der Waals surface area contributed by atoms with E-state index in [1.54, 1.807) is 35.1 Å². The summed E-state index contributed by atoms with van der Waals surface area (Å²) in [6, 6.07) is 16.2. The van der Waals surface area contributed by atoms with Crippen molar-refractivity contribution in [3.05, 3.63) is 72.1 Å². The molecule has 2 N–H and O–H groups in total. The molecule has 0 saturated heterocycles. The van der Waals surface area contributed by atoms with E-state index in [4.69, 9.17) is 5.73 Å². The fourth-order valence-corrected chi connectivity index (χ4v) is 3.02. The predicted molar refractivity (Wildman–Crippen MR) is 98.8 cm³/mol. The average Bonchev–Trinajstić information content (AvgIpc) is 3.05. The van der Waals surface area contributed by atoms with Gasteiger partial charge in [-0.2, -0.15) is 0 Å². The summed E-state index contributed by atoms with van der Waals surface area (Å²) in [6.07, 6.45) is 3.62. The van der Waals surface area contributed by atoms with Crippen molar-refractivity contribution in [1.82, 2.24) is 15.0 Å². The Labute approximate surface area is 153 Å². The van der Waals surface area contributed by atoms with E-state index in [9.17, 15) is 8.42 Å². The SMILES string of the molecule is CS(=O)(=O)c1ccc(-n2cc(C(N)Cc3ccccc3)nn2)cc1.Cl. The van der Waals surface area contributed by atoms with E-state index >= 15 is 0 Å². The molecule has 0 fully saturated rings. The van der Waals surface area contributed by atoms with Crippen LogP contribution < -0.4 is 5.73 Å². The third-order valence-electron chi connectivity index (χ3n) is 3.72. The van der Waals surface area contributed by atoms with E-state index in [-0.39, 0.29) is 23.3 Å². The van der Waals surface area contributed by atoms with Gasteiger partial charge in [-0.05, 0) is 36.2 Å². The molecule has 0 radical (unpaired) electrons. The van der Waals surface area contributed by atoms with Crippen molar-refractivity contribution in [3.8, 4) is 5.69 Å². The van der Waals surface area contributed by atoms with Gasteiger partial charge >= 0.3 is 0 Å². The van der Waals surface area contributed by atoms with Crippen molar-refractivity contribution >= 4 is 22.2 Å². The number of halogens is 1. The summed E-state index contributed by atoms with van der Waals surface area (Å²) in [5.74, 6) is 0. The minimum absolute atomic E-state index is 0. The second kappa shape index (κ2) is 7.77. The standard InChI is InChI=1S/C17H18N4O2S.ClH/c1-24(22,23)15-9-7-14(8-10-15)21-12-17(19-20-21)16(18)11-13-5-3-2-4-6-13;/h2-10,12,16H,11,18H2,1H3;1H. The van der Waals surface area contributed by atoms with Gasteiger partial charge in [-0.3, -0.25) is 0 Å². The molecule has 8 heteroatoms. The number of sulfone groups is 1. The van der Waals surface area contributed by atoms with Crippen molar-refractivity contribution < 1.29 is 8.42 Å². The lowest BCUT2D eigenvalue weighted by Crippen LogP contribution is -2.13. The fourth-order valence-electron chi connectivity index (χ4n) is 2.39. The molecule has 0 bridgehead atoms. The molecule has 1 heterocycles. The van der Waals surface area contributed by atoms with E-state index < -0.39 is 9.84 Å². The van der Waals surface area contributed by atoms with Crippen LogP contribution in [0.3, 0.4) is 0 Å². The Hall–Kier alpha value is -2.22. The molecule has 3 aromatic rings. The van der Waals surface area contributed by atoms with Gasteiger partial charge in [-0.1, -0.05) is 35.5 Å². The monoisotopic (exact) mass is 378 g/mol. The first-order valence-corrected chi connectivity index (χ1v) is 9.35. The van der Waals surface area contributed by atoms with Gasteiger partial charge in [0.1, 0.15) is 5.69 Å². The van der Waals surface area contributed by atoms with Crippen LogP contribution in [-0.2, 0) is 16.3 Å². The number of hydrogen-bond acceptors (Lipinski definition) is 5. The fraction of sp³-hybridized carbons (Fsp3) is 0.176. The first-order chi connectivity index (χ1) is 11.4. The Morgan fingerprint density at radius 2 is 1.72 bits per heavy atom. The predicted octanol–water partition coefficient (Wildman–Crippen LogP) is 2.34. The molecule has 0 aliphatic heterocycles. The number of rotatable bonds is 5. The normalized spacial score (nSPS) is 12.4. The molecule has 0 aliphatic carbocycles. The van der Waals surface area contributed by atoms with Crippen molar-refractivity contribution in [2.75, 3.05) is 6.26 Å². The van der Waals surface area contributed by atoms with Gasteiger partial charge in [-0.25, -0.2) is 13.1 Å². The van der Waals surface area contributed by atoms with Gasteiger partial charge in [0, 0.05) is 6.26 Å². The van der Waals surface area contributed by atoms with E-state index in [1.165, 1.54) is 6.26 Å². The van der Waals surface area contributed by atoms with Gasteiger partial charge in [0.05, 0.1) is 22.8 Å². The molecule has 0 amide bonds. The molecule has 0 spiro atoms. The van der Waals surface area contributed by atoms with E-state index in [2.05, 4.69) is 10.3 Å². The highest BCUT2D eigenvalue weighted by molar-refractivity contribution is 7.90. The second-order valence-corrected chi connectivity index (χ2v) is 7.67. The quantitative estimate of drug-likeness (QED) is 0.735. The zero-order valence-corrected chi connectivity index (χ0v) is 15.2. The van der Waals surface area contributed by atoms with Crippen LogP contribution in [0.15, 0.2) is 65.7 Å². The molecule has 1 aromatic heterocycles. The first kappa shape index (κ1) is 19.1. The highest BCUT2D eigenvalue weighted by atomic mass is 35.5. The second-order valence-electron chi connectivity index (χ2n) is 5.65. The van der Waals surface area contributed by atoms with Crippen molar-refractivity contribution in [1.29, 1.82) is 0 Å². The Bertz CT molecular complexity index is 925. The van der Waals surface area contributed by atoms with Crippen LogP contribution in [0.1, 0.15) is 17.3 Å². The molecular weight excluding hydrogens is 360 g/mol. The first-order valence-electron chi connectivity index (χ1n) is 7.46. The minimum Gasteiger partial charge on any atom is -0.322 e. The summed E-state index contributed by atoms with van der Waals surface area (Å²) in [5.41, 5.74) is 8.76. The van der Waals surface area contributed by atoms with Crippen LogP contribution in [-0.4, -0.2) is 29.7 Å². The van der Waals surface area contributed by atoms with Crippen LogP contribution >= 0.6 is 12.4 Å². The third-order valence-corrected chi connectivity index (χ3v) is 4.85. The smallest absolute Gasteiger partial charge is 0.175 e. The molecule has 132 valence electrons. The van der Waals surface area contributed by atoms with Crippen molar-refractivity contribution in [3.63, 3.8) is 0 Å². The Morgan fingerprint density at radius 1 is 1.08 bits per heavy atom. The highest BCUT2D eigenvalue weighted by Crippen LogP contribution is 2.17. The van der Waals surface area contributed by atoms with Crippen LogP contribution in [0.25, 0.3) is 5.69 Å². The number of benzene rings is 2. The minimum atomic E-state index is -3.21. The zero-order valence-electron chi connectivity index (χ0n) is 13.6. The van der Waals surface area contributed by atoms with Crippen molar-refractivity contribution in [2.45, 2.75) is 17.4 Å². The maximum absolute atomic E-state index is 11.5. The zero-order chi connectivity index (χ0) is 17.2. The molecule has 6 nitrogen and oxygen atoms in total. The van der Waals surface area contributed by atoms with Crippen LogP contribution in [0.4, 0.5) is 0 Å². The largest absolute Gasteiger partial charge is 0.322 e. The van der Waals surface area contributed by atoms with E-state index in [0.29, 0.717) is 12.1 Å². The summed E-state index contributed by atoms with van der Waals surface area (Å²) in [7, 11) is -3.21. The number of nitrogens with two attached hydrogens (primary N) is 1. The molecule has 1 atom stereocenters. The number of nitrogens with zero attached hydrogens (tertiary/aromatic N) is 3. The Kier molecular flexibility index (Phi) is 5.94. The average molecular weight is 379 g/mol. The maximum atomic E-state index is 11.5. The molecule has 2 aromatic carbocycles. The lowest BCUT2D eigenvalue weighted by atomic mass is 10.0. The van der Waals surface area contributed by atoms with Gasteiger partial charge < -0.3 is 5.73 Å². The van der Waals surface area contributed by atoms with Crippen LogP contribution in [0, 0.1) is 0 Å².